The van der Waals surface area contributed by atoms with Crippen molar-refractivity contribution >= 4 is 0 Å². The molecule has 0 aromatic heterocycles. The van der Waals surface area contributed by atoms with E-state index in [1.807, 2.05) is 0 Å². The van der Waals surface area contributed by atoms with Crippen molar-refractivity contribution in [2.24, 2.45) is 5.41 Å². The standard InChI is InChI=1S/C12H26N2/c1-10(9-14(4)5)13-11-7-6-8-12(11,2)3/h10-11,13H,6-9H2,1-5H3. The molecule has 1 rings (SSSR count). The quantitative estimate of drug-likeness (QED) is 0.744. The maximum atomic E-state index is 3.76. The fraction of sp³-hybridized carbons (Fsp3) is 1.00. The van der Waals surface area contributed by atoms with Gasteiger partial charge in [0.15, 0.2) is 0 Å². The SMILES string of the molecule is CC(CN(C)C)NC1CCCC1(C)C. The second-order valence-electron chi connectivity index (χ2n) is 5.76. The van der Waals surface area contributed by atoms with Crippen LogP contribution in [0.1, 0.15) is 40.0 Å². The summed E-state index contributed by atoms with van der Waals surface area (Å²) < 4.78 is 0. The molecule has 0 spiro atoms. The van der Waals surface area contributed by atoms with Gasteiger partial charge in [-0.2, -0.15) is 0 Å². The van der Waals surface area contributed by atoms with E-state index < -0.39 is 0 Å². The molecular weight excluding hydrogens is 172 g/mol. The van der Waals surface area contributed by atoms with E-state index in [0.29, 0.717) is 11.5 Å². The van der Waals surface area contributed by atoms with Crippen LogP contribution in [0.4, 0.5) is 0 Å². The molecule has 0 aromatic rings. The maximum Gasteiger partial charge on any atom is 0.0169 e. The molecule has 1 fully saturated rings. The average Bonchev–Trinajstić information content (AvgIpc) is 2.29. The van der Waals surface area contributed by atoms with Crippen LogP contribution >= 0.6 is 0 Å². The van der Waals surface area contributed by atoms with Gasteiger partial charge in [0.2, 0.25) is 0 Å². The first-order valence-corrected chi connectivity index (χ1v) is 5.82. The highest BCUT2D eigenvalue weighted by Crippen LogP contribution is 2.37. The van der Waals surface area contributed by atoms with Crippen molar-refractivity contribution in [1.29, 1.82) is 0 Å². The summed E-state index contributed by atoms with van der Waals surface area (Å²) >= 11 is 0. The number of likely N-dealkylation sites (N-methyl/N-ethyl adjacent to an activating group) is 1. The topological polar surface area (TPSA) is 15.3 Å². The molecule has 0 amide bonds. The van der Waals surface area contributed by atoms with E-state index in [2.05, 4.69) is 45.1 Å². The molecule has 0 aliphatic heterocycles. The van der Waals surface area contributed by atoms with Gasteiger partial charge in [0.1, 0.15) is 0 Å². The lowest BCUT2D eigenvalue weighted by Gasteiger charge is -2.31. The molecule has 14 heavy (non-hydrogen) atoms. The zero-order valence-corrected chi connectivity index (χ0v) is 10.4. The summed E-state index contributed by atoms with van der Waals surface area (Å²) in [6.45, 7) is 8.20. The Kier molecular flexibility index (Phi) is 3.96. The highest BCUT2D eigenvalue weighted by Gasteiger charge is 2.34. The first-order chi connectivity index (χ1) is 6.42. The minimum atomic E-state index is 0.501. The molecule has 0 bridgehead atoms. The van der Waals surface area contributed by atoms with Gasteiger partial charge in [-0.05, 0) is 39.3 Å². The van der Waals surface area contributed by atoms with Crippen LogP contribution in [0.2, 0.25) is 0 Å². The molecule has 2 atom stereocenters. The molecular formula is C12H26N2. The molecule has 0 radical (unpaired) electrons. The molecule has 2 heteroatoms. The monoisotopic (exact) mass is 198 g/mol. The predicted molar refractivity (Wildman–Crippen MR) is 62.6 cm³/mol. The summed E-state index contributed by atoms with van der Waals surface area (Å²) in [4.78, 5) is 2.25. The fourth-order valence-electron chi connectivity index (χ4n) is 2.58. The summed E-state index contributed by atoms with van der Waals surface area (Å²) in [7, 11) is 4.27. The summed E-state index contributed by atoms with van der Waals surface area (Å²) in [5.41, 5.74) is 0.501. The molecule has 1 saturated carbocycles. The third kappa shape index (κ3) is 3.25. The Labute approximate surface area is 89.1 Å². The van der Waals surface area contributed by atoms with E-state index in [1.165, 1.54) is 19.3 Å². The van der Waals surface area contributed by atoms with Crippen LogP contribution in [-0.2, 0) is 0 Å². The lowest BCUT2D eigenvalue weighted by Crippen LogP contribution is -2.46. The van der Waals surface area contributed by atoms with Gasteiger partial charge < -0.3 is 10.2 Å². The van der Waals surface area contributed by atoms with Crippen LogP contribution in [0, 0.1) is 5.41 Å². The molecule has 0 heterocycles. The van der Waals surface area contributed by atoms with Gasteiger partial charge in [0, 0.05) is 18.6 Å². The Hall–Kier alpha value is -0.0800. The minimum absolute atomic E-state index is 0.501. The Bertz CT molecular complexity index is 175. The molecule has 1 aliphatic carbocycles. The van der Waals surface area contributed by atoms with Crippen LogP contribution in [-0.4, -0.2) is 37.6 Å². The van der Waals surface area contributed by atoms with Gasteiger partial charge in [0.25, 0.3) is 0 Å². The third-order valence-corrected chi connectivity index (χ3v) is 3.38. The zero-order valence-electron chi connectivity index (χ0n) is 10.4. The van der Waals surface area contributed by atoms with Crippen molar-refractivity contribution in [2.75, 3.05) is 20.6 Å². The number of nitrogens with one attached hydrogen (secondary N) is 1. The molecule has 1 aliphatic rings. The van der Waals surface area contributed by atoms with Crippen molar-refractivity contribution in [3.63, 3.8) is 0 Å². The highest BCUT2D eigenvalue weighted by molar-refractivity contribution is 4.91. The maximum absolute atomic E-state index is 3.76. The molecule has 84 valence electrons. The predicted octanol–water partition coefficient (Wildman–Crippen LogP) is 2.10. The van der Waals surface area contributed by atoms with E-state index >= 15 is 0 Å². The largest absolute Gasteiger partial charge is 0.310 e. The van der Waals surface area contributed by atoms with Gasteiger partial charge in [-0.25, -0.2) is 0 Å². The normalized spacial score (nSPS) is 28.3. The highest BCUT2D eigenvalue weighted by atomic mass is 15.1. The number of nitrogens with zero attached hydrogens (tertiary/aromatic N) is 1. The van der Waals surface area contributed by atoms with Gasteiger partial charge in [-0.3, -0.25) is 0 Å². The van der Waals surface area contributed by atoms with Crippen molar-refractivity contribution < 1.29 is 0 Å². The van der Waals surface area contributed by atoms with E-state index in [9.17, 15) is 0 Å². The van der Waals surface area contributed by atoms with E-state index in [-0.39, 0.29) is 0 Å². The third-order valence-electron chi connectivity index (χ3n) is 3.38. The van der Waals surface area contributed by atoms with E-state index in [1.54, 1.807) is 0 Å². The van der Waals surface area contributed by atoms with Gasteiger partial charge in [0.05, 0.1) is 0 Å². The van der Waals surface area contributed by atoms with Gasteiger partial charge in [-0.1, -0.05) is 20.3 Å². The first-order valence-electron chi connectivity index (χ1n) is 5.82. The lowest BCUT2D eigenvalue weighted by molar-refractivity contribution is 0.244. The van der Waals surface area contributed by atoms with Gasteiger partial charge >= 0.3 is 0 Å². The van der Waals surface area contributed by atoms with Crippen LogP contribution in [0.3, 0.4) is 0 Å². The van der Waals surface area contributed by atoms with E-state index in [0.717, 1.165) is 12.6 Å². The van der Waals surface area contributed by atoms with Crippen molar-refractivity contribution in [2.45, 2.75) is 52.1 Å². The second kappa shape index (κ2) is 4.63. The average molecular weight is 198 g/mol. The summed E-state index contributed by atoms with van der Waals surface area (Å²) in [6.07, 6.45) is 4.11. The second-order valence-corrected chi connectivity index (χ2v) is 5.76. The first kappa shape index (κ1) is 12.0. The molecule has 2 nitrogen and oxygen atoms in total. The van der Waals surface area contributed by atoms with Crippen molar-refractivity contribution in [1.82, 2.24) is 10.2 Å². The Morgan fingerprint density at radius 1 is 1.43 bits per heavy atom. The lowest BCUT2D eigenvalue weighted by atomic mass is 9.87. The zero-order chi connectivity index (χ0) is 10.8. The number of hydrogen-bond donors (Lipinski definition) is 1. The van der Waals surface area contributed by atoms with Crippen LogP contribution in [0.5, 0.6) is 0 Å². The Morgan fingerprint density at radius 3 is 2.50 bits per heavy atom. The molecule has 0 aromatic carbocycles. The number of rotatable bonds is 4. The molecule has 1 N–H and O–H groups in total. The molecule has 0 saturated heterocycles. The Morgan fingerprint density at radius 2 is 2.07 bits per heavy atom. The Balaban J connectivity index is 2.36. The van der Waals surface area contributed by atoms with Crippen molar-refractivity contribution in [3.8, 4) is 0 Å². The fourth-order valence-corrected chi connectivity index (χ4v) is 2.58. The van der Waals surface area contributed by atoms with E-state index in [4.69, 9.17) is 0 Å². The smallest absolute Gasteiger partial charge is 0.0169 e. The minimum Gasteiger partial charge on any atom is -0.310 e. The number of hydrogen-bond acceptors (Lipinski definition) is 2. The molecule has 2 unspecified atom stereocenters. The summed E-state index contributed by atoms with van der Waals surface area (Å²) in [5.74, 6) is 0. The summed E-state index contributed by atoms with van der Waals surface area (Å²) in [6, 6.07) is 1.32. The van der Waals surface area contributed by atoms with Crippen LogP contribution in [0.15, 0.2) is 0 Å². The van der Waals surface area contributed by atoms with Gasteiger partial charge in [-0.15, -0.1) is 0 Å². The van der Waals surface area contributed by atoms with Crippen LogP contribution < -0.4 is 5.32 Å². The van der Waals surface area contributed by atoms with Crippen molar-refractivity contribution in [3.05, 3.63) is 0 Å². The summed E-state index contributed by atoms with van der Waals surface area (Å²) in [5, 5.41) is 3.76. The van der Waals surface area contributed by atoms with Crippen LogP contribution in [0.25, 0.3) is 0 Å².